The third-order valence-corrected chi connectivity index (χ3v) is 1.46. The second-order valence-corrected chi connectivity index (χ2v) is 2.42. The van der Waals surface area contributed by atoms with Crippen molar-refractivity contribution in [3.05, 3.63) is 11.6 Å². The van der Waals surface area contributed by atoms with E-state index in [0.29, 0.717) is 5.69 Å². The molecule has 0 aromatic carbocycles. The zero-order valence-corrected chi connectivity index (χ0v) is 6.96. The van der Waals surface area contributed by atoms with Gasteiger partial charge in [-0.3, -0.25) is 0 Å². The predicted octanol–water partition coefficient (Wildman–Crippen LogP) is 0.126. The third-order valence-electron chi connectivity index (χ3n) is 1.46. The molecule has 2 aromatic heterocycles. The van der Waals surface area contributed by atoms with Crippen molar-refractivity contribution in [1.29, 1.82) is 0 Å². The van der Waals surface area contributed by atoms with Crippen molar-refractivity contribution in [2.75, 3.05) is 0 Å². The second-order valence-electron chi connectivity index (χ2n) is 2.42. The van der Waals surface area contributed by atoms with Crippen LogP contribution in [0.5, 0.6) is 0 Å². The Morgan fingerprint density at radius 2 is 2.14 bits per heavy atom. The van der Waals surface area contributed by atoms with E-state index >= 15 is 0 Å². The highest BCUT2D eigenvalue weighted by molar-refractivity contribution is 5.82. The van der Waals surface area contributed by atoms with Crippen LogP contribution in [0.15, 0.2) is 9.05 Å². The molecule has 0 atom stereocenters. The van der Waals surface area contributed by atoms with Crippen LogP contribution in [-0.2, 0) is 0 Å². The predicted molar refractivity (Wildman–Crippen MR) is 39.3 cm³/mol. The Labute approximate surface area is 76.5 Å². The molecule has 2 aromatic rings. The lowest BCUT2D eigenvalue weighted by molar-refractivity contribution is 0.0654. The fourth-order valence-electron chi connectivity index (χ4n) is 0.831. The summed E-state index contributed by atoms with van der Waals surface area (Å²) in [6, 6.07) is 0. The van der Waals surface area contributed by atoms with E-state index in [1.54, 1.807) is 6.92 Å². The van der Waals surface area contributed by atoms with Crippen LogP contribution >= 0.6 is 0 Å². The Bertz CT molecular complexity index is 474. The van der Waals surface area contributed by atoms with Gasteiger partial charge in [0.05, 0.1) is 0 Å². The molecule has 14 heavy (non-hydrogen) atoms. The second kappa shape index (κ2) is 2.91. The largest absolute Gasteiger partial charge is 0.474 e. The minimum Gasteiger partial charge on any atom is -0.474 e. The van der Waals surface area contributed by atoms with Gasteiger partial charge in [-0.25, -0.2) is 9.42 Å². The van der Waals surface area contributed by atoms with Gasteiger partial charge in [-0.1, -0.05) is 5.16 Å². The van der Waals surface area contributed by atoms with Gasteiger partial charge in [-0.2, -0.15) is 0 Å². The quantitative estimate of drug-likeness (QED) is 0.720. The van der Waals surface area contributed by atoms with Crippen molar-refractivity contribution in [2.45, 2.75) is 6.92 Å². The molecule has 0 spiro atoms. The van der Waals surface area contributed by atoms with Gasteiger partial charge in [0.1, 0.15) is 5.69 Å². The zero-order chi connectivity index (χ0) is 10.1. The number of hydrogen-bond acceptors (Lipinski definition) is 7. The summed E-state index contributed by atoms with van der Waals surface area (Å²) in [5.41, 5.74) is 0.690. The molecule has 8 heteroatoms. The first kappa shape index (κ1) is 8.35. The molecular formula is C6H4N4O4. The summed E-state index contributed by atoms with van der Waals surface area (Å²) in [4.78, 5) is 10.4. The number of carboxylic acids is 1. The summed E-state index contributed by atoms with van der Waals surface area (Å²) in [5, 5.41) is 22.2. The van der Waals surface area contributed by atoms with Crippen molar-refractivity contribution in [1.82, 2.24) is 20.5 Å². The van der Waals surface area contributed by atoms with E-state index < -0.39 is 11.9 Å². The molecule has 0 bridgehead atoms. The first-order valence-corrected chi connectivity index (χ1v) is 3.55. The van der Waals surface area contributed by atoms with Gasteiger partial charge in [-0.15, -0.1) is 10.2 Å². The molecule has 0 radical (unpaired) electrons. The van der Waals surface area contributed by atoms with Gasteiger partial charge in [-0.05, 0) is 12.1 Å². The van der Waals surface area contributed by atoms with Gasteiger partial charge in [0.25, 0.3) is 5.89 Å². The van der Waals surface area contributed by atoms with Crippen LogP contribution in [0, 0.1) is 6.92 Å². The topological polar surface area (TPSA) is 115 Å². The number of nitrogens with zero attached hydrogens (tertiary/aromatic N) is 4. The maximum absolute atomic E-state index is 10.4. The standard InChI is InChI=1S/C6H4N4O4/c1-2-3(10-14-9-2)4-7-8-5(13-4)6(11)12/h1H3,(H,11,12). The molecule has 2 heterocycles. The minimum absolute atomic E-state index is 0.0267. The molecule has 0 aliphatic carbocycles. The van der Waals surface area contributed by atoms with Crippen LogP contribution in [0.25, 0.3) is 11.6 Å². The SMILES string of the molecule is Cc1nonc1-c1nnc(C(=O)O)o1. The van der Waals surface area contributed by atoms with Crippen LogP contribution in [-0.4, -0.2) is 31.6 Å². The molecule has 72 valence electrons. The summed E-state index contributed by atoms with van der Waals surface area (Å²) in [6.07, 6.45) is 0. The summed E-state index contributed by atoms with van der Waals surface area (Å²) in [6.45, 7) is 1.62. The van der Waals surface area contributed by atoms with Gasteiger partial charge in [0, 0.05) is 0 Å². The van der Waals surface area contributed by atoms with E-state index in [4.69, 9.17) is 9.52 Å². The highest BCUT2D eigenvalue weighted by Crippen LogP contribution is 2.17. The number of aromatic nitrogens is 4. The van der Waals surface area contributed by atoms with Crippen LogP contribution in [0.3, 0.4) is 0 Å². The van der Waals surface area contributed by atoms with E-state index in [1.807, 2.05) is 0 Å². The summed E-state index contributed by atoms with van der Waals surface area (Å²) < 4.78 is 9.18. The van der Waals surface area contributed by atoms with Gasteiger partial charge in [0.2, 0.25) is 0 Å². The Kier molecular flexibility index (Phi) is 1.73. The zero-order valence-electron chi connectivity index (χ0n) is 6.96. The van der Waals surface area contributed by atoms with Crippen LogP contribution in [0.1, 0.15) is 16.4 Å². The first-order chi connectivity index (χ1) is 6.68. The maximum Gasteiger partial charge on any atom is 0.393 e. The van der Waals surface area contributed by atoms with Crippen molar-refractivity contribution < 1.29 is 18.9 Å². The van der Waals surface area contributed by atoms with E-state index in [9.17, 15) is 4.79 Å². The number of aryl methyl sites for hydroxylation is 1. The molecule has 1 N–H and O–H groups in total. The van der Waals surface area contributed by atoms with Crippen molar-refractivity contribution in [3.8, 4) is 11.6 Å². The van der Waals surface area contributed by atoms with Crippen LogP contribution in [0.4, 0.5) is 0 Å². The van der Waals surface area contributed by atoms with Crippen molar-refractivity contribution in [3.63, 3.8) is 0 Å². The number of carbonyl (C=O) groups is 1. The molecule has 0 aliphatic heterocycles. The van der Waals surface area contributed by atoms with E-state index in [0.717, 1.165) is 0 Å². The number of aromatic carboxylic acids is 1. The van der Waals surface area contributed by atoms with E-state index in [1.165, 1.54) is 0 Å². The highest BCUT2D eigenvalue weighted by atomic mass is 16.6. The molecule has 0 fully saturated rings. The average Bonchev–Trinajstić information content (AvgIpc) is 2.71. The average molecular weight is 196 g/mol. The normalized spacial score (nSPS) is 10.4. The smallest absolute Gasteiger partial charge is 0.393 e. The van der Waals surface area contributed by atoms with E-state index in [2.05, 4.69) is 25.1 Å². The van der Waals surface area contributed by atoms with Crippen LogP contribution in [0.2, 0.25) is 0 Å². The van der Waals surface area contributed by atoms with Crippen molar-refractivity contribution >= 4 is 5.97 Å². The molecule has 0 amide bonds. The van der Waals surface area contributed by atoms with Gasteiger partial charge >= 0.3 is 11.9 Å². The molecule has 0 saturated heterocycles. The Hall–Kier alpha value is -2.25. The fraction of sp³-hybridized carbons (Fsp3) is 0.167. The minimum atomic E-state index is -1.29. The van der Waals surface area contributed by atoms with Gasteiger partial charge in [0.15, 0.2) is 5.69 Å². The lowest BCUT2D eigenvalue weighted by Crippen LogP contribution is -1.95. The molecule has 8 nitrogen and oxygen atoms in total. The molecule has 0 unspecified atom stereocenters. The number of hydrogen-bond donors (Lipinski definition) is 1. The lowest BCUT2D eigenvalue weighted by atomic mass is 10.3. The summed E-state index contributed by atoms with van der Waals surface area (Å²) in [5.74, 6) is -1.82. The molecule has 2 rings (SSSR count). The van der Waals surface area contributed by atoms with Gasteiger partial charge < -0.3 is 9.52 Å². The fourth-order valence-corrected chi connectivity index (χ4v) is 0.831. The van der Waals surface area contributed by atoms with Crippen LogP contribution < -0.4 is 0 Å². The lowest BCUT2D eigenvalue weighted by Gasteiger charge is -1.84. The molecule has 0 saturated carbocycles. The Balaban J connectivity index is 2.43. The van der Waals surface area contributed by atoms with Crippen molar-refractivity contribution in [2.24, 2.45) is 0 Å². The number of carboxylic acid groups (broad SMARTS) is 1. The Morgan fingerprint density at radius 3 is 2.64 bits per heavy atom. The third kappa shape index (κ3) is 1.22. The number of rotatable bonds is 2. The summed E-state index contributed by atoms with van der Waals surface area (Å²) >= 11 is 0. The molecule has 0 aliphatic rings. The Morgan fingerprint density at radius 1 is 1.36 bits per heavy atom. The maximum atomic E-state index is 10.4. The van der Waals surface area contributed by atoms with E-state index in [-0.39, 0.29) is 11.6 Å². The summed E-state index contributed by atoms with van der Waals surface area (Å²) in [7, 11) is 0. The highest BCUT2D eigenvalue weighted by Gasteiger charge is 2.18. The molecular weight excluding hydrogens is 192 g/mol. The first-order valence-electron chi connectivity index (χ1n) is 3.55. The monoisotopic (exact) mass is 196 g/mol.